The summed E-state index contributed by atoms with van der Waals surface area (Å²) in [6.07, 6.45) is 0.232. The molecule has 12 nitrogen and oxygen atoms in total. The van der Waals surface area contributed by atoms with E-state index in [2.05, 4.69) is 16.8 Å². The fraction of sp³-hybridized carbons (Fsp3) is 0.441. The first-order valence-electron chi connectivity index (χ1n) is 15.4. The number of carbonyl (C=O) groups excluding carboxylic acids is 3. The number of likely N-dealkylation sites (N-methyl/N-ethyl adjacent to an activating group) is 2. The third kappa shape index (κ3) is 4.79. The molecule has 46 heavy (non-hydrogen) atoms. The Bertz CT molecular complexity index is 1710. The fourth-order valence-electron chi connectivity index (χ4n) is 7.83. The van der Waals surface area contributed by atoms with Gasteiger partial charge in [0.2, 0.25) is 5.78 Å². The maximum absolute atomic E-state index is 14.1. The van der Waals surface area contributed by atoms with Crippen molar-refractivity contribution in [3.63, 3.8) is 0 Å². The predicted molar refractivity (Wildman–Crippen MR) is 169 cm³/mol. The molecule has 0 spiro atoms. The Morgan fingerprint density at radius 1 is 1.09 bits per heavy atom. The summed E-state index contributed by atoms with van der Waals surface area (Å²) in [7, 11) is 6.89. The number of ketones is 2. The molecule has 1 saturated carbocycles. The van der Waals surface area contributed by atoms with Crippen LogP contribution < -0.4 is 10.5 Å². The number of piperazine rings is 1. The van der Waals surface area contributed by atoms with Crippen molar-refractivity contribution >= 4 is 23.2 Å². The predicted octanol–water partition coefficient (Wildman–Crippen LogP) is 1.39. The van der Waals surface area contributed by atoms with E-state index in [1.165, 1.54) is 11.0 Å². The first-order chi connectivity index (χ1) is 21.8. The van der Waals surface area contributed by atoms with Gasteiger partial charge in [0.25, 0.3) is 5.91 Å². The molecule has 6 rings (SSSR count). The van der Waals surface area contributed by atoms with Crippen LogP contribution in [0.4, 0.5) is 0 Å². The smallest absolute Gasteiger partial charge is 0.255 e. The zero-order valence-corrected chi connectivity index (χ0v) is 26.4. The number of amides is 1. The SMILES string of the molecule is COc1ccc(-c2ccc(O)c3c2CC2CC4C(N(C)C)C(=O)C(C(N)=O)=C(O)C4(O)C(=O)C2=C3O)cc1CN1CCN(C)CC1. The molecule has 1 aliphatic heterocycles. The van der Waals surface area contributed by atoms with Crippen LogP contribution in [0.2, 0.25) is 0 Å². The van der Waals surface area contributed by atoms with E-state index in [0.717, 1.165) is 48.6 Å². The van der Waals surface area contributed by atoms with Gasteiger partial charge in [0.1, 0.15) is 28.6 Å². The van der Waals surface area contributed by atoms with Crippen molar-refractivity contribution < 1.29 is 39.5 Å². The normalized spacial score (nSPS) is 27.0. The average Bonchev–Trinajstić information content (AvgIpc) is 3.00. The topological polar surface area (TPSA) is 177 Å². The van der Waals surface area contributed by atoms with Gasteiger partial charge in [-0.15, -0.1) is 0 Å². The summed E-state index contributed by atoms with van der Waals surface area (Å²) in [5.41, 5.74) is 4.97. The minimum atomic E-state index is -2.67. The molecule has 0 bridgehead atoms. The highest BCUT2D eigenvalue weighted by atomic mass is 16.5. The highest BCUT2D eigenvalue weighted by Crippen LogP contribution is 2.53. The molecule has 4 atom stereocenters. The van der Waals surface area contributed by atoms with Crippen LogP contribution in [0.1, 0.15) is 23.1 Å². The highest BCUT2D eigenvalue weighted by molar-refractivity contribution is 6.24. The number of methoxy groups -OCH3 is 1. The number of benzene rings is 2. The number of rotatable bonds is 6. The zero-order valence-electron chi connectivity index (χ0n) is 26.4. The molecule has 1 saturated heterocycles. The highest BCUT2D eigenvalue weighted by Gasteiger charge is 2.64. The monoisotopic (exact) mass is 632 g/mol. The molecule has 1 amide bonds. The van der Waals surface area contributed by atoms with E-state index in [4.69, 9.17) is 10.5 Å². The molecular weight excluding hydrogens is 592 g/mol. The minimum absolute atomic E-state index is 0.0259. The quantitative estimate of drug-likeness (QED) is 0.291. The van der Waals surface area contributed by atoms with Gasteiger partial charge in [-0.1, -0.05) is 12.1 Å². The number of phenolic OH excluding ortho intramolecular Hbond substituents is 1. The van der Waals surface area contributed by atoms with Crippen molar-refractivity contribution in [3.8, 4) is 22.6 Å². The summed E-state index contributed by atoms with van der Waals surface area (Å²) in [4.78, 5) is 45.9. The van der Waals surface area contributed by atoms with Crippen LogP contribution >= 0.6 is 0 Å². The molecule has 3 aliphatic carbocycles. The summed E-state index contributed by atoms with van der Waals surface area (Å²) < 4.78 is 5.69. The Morgan fingerprint density at radius 3 is 2.41 bits per heavy atom. The lowest BCUT2D eigenvalue weighted by atomic mass is 9.57. The summed E-state index contributed by atoms with van der Waals surface area (Å²) >= 11 is 0. The number of hydrogen-bond donors (Lipinski definition) is 5. The van der Waals surface area contributed by atoms with E-state index in [9.17, 15) is 34.8 Å². The van der Waals surface area contributed by atoms with Crippen LogP contribution in [0.5, 0.6) is 11.5 Å². The maximum atomic E-state index is 14.1. The number of aromatic hydroxyl groups is 1. The lowest BCUT2D eigenvalue weighted by molar-refractivity contribution is -0.153. The number of Topliss-reactive ketones (excluding diaryl/α,β-unsaturated/α-hetero) is 2. The van der Waals surface area contributed by atoms with Crippen LogP contribution in [-0.2, 0) is 27.3 Å². The summed E-state index contributed by atoms with van der Waals surface area (Å²) in [5, 5.41) is 45.5. The molecule has 4 unspecified atom stereocenters. The van der Waals surface area contributed by atoms with Crippen LogP contribution in [0.25, 0.3) is 16.9 Å². The first kappa shape index (κ1) is 31.7. The van der Waals surface area contributed by atoms with Gasteiger partial charge in [-0.3, -0.25) is 24.2 Å². The van der Waals surface area contributed by atoms with Gasteiger partial charge < -0.3 is 35.8 Å². The van der Waals surface area contributed by atoms with Gasteiger partial charge in [0, 0.05) is 49.8 Å². The van der Waals surface area contributed by atoms with Crippen LogP contribution in [0, 0.1) is 11.8 Å². The number of nitrogens with zero attached hydrogens (tertiary/aromatic N) is 3. The number of hydrogen-bond acceptors (Lipinski definition) is 11. The summed E-state index contributed by atoms with van der Waals surface area (Å²) in [6.45, 7) is 4.46. The number of nitrogens with two attached hydrogens (primary N) is 1. The van der Waals surface area contributed by atoms with E-state index >= 15 is 0 Å². The average molecular weight is 633 g/mol. The fourth-order valence-corrected chi connectivity index (χ4v) is 7.83. The van der Waals surface area contributed by atoms with Gasteiger partial charge in [-0.05, 0) is 74.8 Å². The van der Waals surface area contributed by atoms with Crippen LogP contribution in [0.3, 0.4) is 0 Å². The second kappa shape index (κ2) is 11.5. The lowest BCUT2D eigenvalue weighted by Gasteiger charge is -2.50. The number of carbonyl (C=O) groups is 3. The molecular formula is C34H40N4O8. The van der Waals surface area contributed by atoms with Gasteiger partial charge in [0.15, 0.2) is 11.4 Å². The van der Waals surface area contributed by atoms with E-state index in [1.807, 2.05) is 18.2 Å². The standard InChI is InChI=1S/C34H40N4O8/c1-36(2)28-22-15-18-14-21-20(17-5-8-24(46-4)19(13-17)16-38-11-9-37(3)10-12-38)6-7-23(39)26(21)29(40)25(18)31(42)34(22,45)32(43)27(30(28)41)33(35)44/h5-8,13,18,22,28,39-40,43,45H,9-12,14-16H2,1-4H3,(H2,35,44). The van der Waals surface area contributed by atoms with Crippen molar-refractivity contribution in [2.45, 2.75) is 31.0 Å². The second-order valence-electron chi connectivity index (χ2n) is 13.1. The Kier molecular flexibility index (Phi) is 7.96. The van der Waals surface area contributed by atoms with E-state index in [0.29, 0.717) is 12.1 Å². The molecule has 1 heterocycles. The number of phenols is 1. The third-order valence-corrected chi connectivity index (χ3v) is 10.2. The van der Waals surface area contributed by atoms with Crippen LogP contribution in [-0.4, -0.2) is 119 Å². The van der Waals surface area contributed by atoms with E-state index in [1.54, 1.807) is 27.3 Å². The van der Waals surface area contributed by atoms with Gasteiger partial charge in [-0.2, -0.15) is 0 Å². The van der Waals surface area contributed by atoms with Crippen molar-refractivity contribution in [1.29, 1.82) is 0 Å². The Balaban J connectivity index is 1.46. The molecule has 0 radical (unpaired) electrons. The number of aliphatic hydroxyl groups excluding tert-OH is 2. The Hall–Kier alpha value is -4.23. The molecule has 0 aromatic heterocycles. The van der Waals surface area contributed by atoms with E-state index in [-0.39, 0.29) is 29.7 Å². The minimum Gasteiger partial charge on any atom is -0.508 e. The van der Waals surface area contributed by atoms with Crippen molar-refractivity contribution in [2.24, 2.45) is 17.6 Å². The second-order valence-corrected chi connectivity index (χ2v) is 13.1. The van der Waals surface area contributed by atoms with Crippen molar-refractivity contribution in [2.75, 3.05) is 54.4 Å². The van der Waals surface area contributed by atoms with Gasteiger partial charge in [0.05, 0.1) is 18.7 Å². The van der Waals surface area contributed by atoms with Crippen molar-refractivity contribution in [3.05, 3.63) is 63.9 Å². The van der Waals surface area contributed by atoms with Gasteiger partial charge >= 0.3 is 0 Å². The lowest BCUT2D eigenvalue weighted by Crippen LogP contribution is -2.65. The number of fused-ring (bicyclic) bond motifs is 3. The molecule has 2 aromatic rings. The first-order valence-corrected chi connectivity index (χ1v) is 15.4. The molecule has 244 valence electrons. The third-order valence-electron chi connectivity index (χ3n) is 10.2. The van der Waals surface area contributed by atoms with E-state index < -0.39 is 58.0 Å². The Labute approximate surface area is 267 Å². The zero-order chi connectivity index (χ0) is 33.2. The Morgan fingerprint density at radius 2 is 1.78 bits per heavy atom. The van der Waals surface area contributed by atoms with Crippen LogP contribution in [0.15, 0.2) is 47.2 Å². The largest absolute Gasteiger partial charge is 0.508 e. The maximum Gasteiger partial charge on any atom is 0.255 e. The molecule has 12 heteroatoms. The number of primary amides is 1. The molecule has 2 aromatic carbocycles. The number of aliphatic hydroxyl groups is 3. The van der Waals surface area contributed by atoms with Gasteiger partial charge in [-0.25, -0.2) is 0 Å². The molecule has 6 N–H and O–H groups in total. The number of ether oxygens (including phenoxy) is 1. The summed E-state index contributed by atoms with van der Waals surface area (Å²) in [5.74, 6) is -6.00. The molecule has 4 aliphatic rings. The van der Waals surface area contributed by atoms with Crippen molar-refractivity contribution in [1.82, 2.24) is 14.7 Å². The summed E-state index contributed by atoms with van der Waals surface area (Å²) in [6, 6.07) is 7.94. The molecule has 2 fully saturated rings.